The Morgan fingerprint density at radius 2 is 2.14 bits per heavy atom. The molecule has 1 aromatic heterocycles. The predicted molar refractivity (Wildman–Crippen MR) is 87.6 cm³/mol. The van der Waals surface area contributed by atoms with Crippen LogP contribution in [0.1, 0.15) is 12.5 Å². The summed E-state index contributed by atoms with van der Waals surface area (Å²) in [7, 11) is -3.64. The topological polar surface area (TPSA) is 85.1 Å². The lowest BCUT2D eigenvalue weighted by molar-refractivity contribution is 0.576. The second kappa shape index (κ2) is 6.05. The molecule has 1 atom stereocenters. The third-order valence-electron chi connectivity index (χ3n) is 3.29. The number of benzene rings is 1. The highest BCUT2D eigenvalue weighted by Gasteiger charge is 2.19. The van der Waals surface area contributed by atoms with E-state index in [9.17, 15) is 8.42 Å². The molecule has 7 heteroatoms. The Morgan fingerprint density at radius 3 is 2.81 bits per heavy atom. The molecule has 2 aromatic rings. The quantitative estimate of drug-likeness (QED) is 0.819. The zero-order chi connectivity index (χ0) is 15.6. The highest BCUT2D eigenvalue weighted by atomic mass is 32.2. The van der Waals surface area contributed by atoms with Crippen LogP contribution in [0.2, 0.25) is 0 Å². The zero-order valence-electron chi connectivity index (χ0n) is 11.8. The molecule has 0 saturated heterocycles. The maximum absolute atomic E-state index is 12.5. The lowest BCUT2D eigenvalue weighted by Crippen LogP contribution is -2.33. The van der Waals surface area contributed by atoms with E-state index in [-0.39, 0.29) is 22.3 Å². The molecule has 0 aliphatic heterocycles. The van der Waals surface area contributed by atoms with Gasteiger partial charge in [-0.2, -0.15) is 0 Å². The predicted octanol–water partition coefficient (Wildman–Crippen LogP) is 1.74. The van der Waals surface area contributed by atoms with Crippen LogP contribution >= 0.6 is 12.2 Å². The van der Waals surface area contributed by atoms with E-state index in [0.717, 1.165) is 5.56 Å². The average Bonchev–Trinajstić information content (AvgIpc) is 2.45. The van der Waals surface area contributed by atoms with Crippen molar-refractivity contribution in [2.75, 3.05) is 6.54 Å². The number of aromatic nitrogens is 1. The molecule has 3 N–H and O–H groups in total. The number of rotatable bonds is 5. The Bertz CT molecular complexity index is 788. The molecule has 21 heavy (non-hydrogen) atoms. The van der Waals surface area contributed by atoms with Gasteiger partial charge in [0, 0.05) is 24.0 Å². The normalized spacial score (nSPS) is 13.2. The van der Waals surface area contributed by atoms with Crippen molar-refractivity contribution in [2.45, 2.75) is 18.7 Å². The van der Waals surface area contributed by atoms with E-state index >= 15 is 0 Å². The first-order valence-corrected chi connectivity index (χ1v) is 8.35. The summed E-state index contributed by atoms with van der Waals surface area (Å²) in [6.07, 6.45) is 1.65. The molecule has 0 fully saturated rings. The number of aryl methyl sites for hydroxylation is 1. The van der Waals surface area contributed by atoms with Gasteiger partial charge in [0.05, 0.1) is 15.4 Å². The van der Waals surface area contributed by atoms with Crippen LogP contribution in [0.5, 0.6) is 0 Å². The van der Waals surface area contributed by atoms with Crippen molar-refractivity contribution in [3.05, 3.63) is 36.0 Å². The van der Waals surface area contributed by atoms with Gasteiger partial charge in [-0.3, -0.25) is 4.98 Å². The van der Waals surface area contributed by atoms with Crippen LogP contribution in [-0.2, 0) is 10.0 Å². The van der Waals surface area contributed by atoms with Crippen molar-refractivity contribution in [3.8, 4) is 0 Å². The highest BCUT2D eigenvalue weighted by molar-refractivity contribution is 7.89. The highest BCUT2D eigenvalue weighted by Crippen LogP contribution is 2.24. The van der Waals surface area contributed by atoms with Gasteiger partial charge >= 0.3 is 0 Å². The van der Waals surface area contributed by atoms with Crippen molar-refractivity contribution < 1.29 is 8.42 Å². The molecule has 0 aliphatic rings. The fraction of sp³-hybridized carbons (Fsp3) is 0.286. The molecule has 5 nitrogen and oxygen atoms in total. The molecule has 1 aromatic carbocycles. The van der Waals surface area contributed by atoms with Crippen LogP contribution in [0.4, 0.5) is 0 Å². The Balaban J connectivity index is 2.41. The van der Waals surface area contributed by atoms with E-state index in [1.165, 1.54) is 0 Å². The standard InChI is InChI=1S/C14H17N3O2S2/c1-9-5-6-12(11-4-3-7-16-13(9)11)21(18,19)17-8-10(2)14(15)20/h3-7,10,17H,8H2,1-2H3,(H2,15,20). The maximum Gasteiger partial charge on any atom is 0.241 e. The molecule has 112 valence electrons. The SMILES string of the molecule is Cc1ccc(S(=O)(=O)NCC(C)C(N)=S)c2cccnc12. The molecule has 2 rings (SSSR count). The van der Waals surface area contributed by atoms with Crippen LogP contribution in [0.3, 0.4) is 0 Å². The fourth-order valence-corrected chi connectivity index (χ4v) is 3.34. The number of thiocarbonyl (C=S) groups is 1. The second-order valence-corrected chi connectivity index (χ2v) is 7.14. The van der Waals surface area contributed by atoms with Crippen molar-refractivity contribution in [3.63, 3.8) is 0 Å². The minimum atomic E-state index is -3.64. The summed E-state index contributed by atoms with van der Waals surface area (Å²) in [5, 5.41) is 0.605. The maximum atomic E-state index is 12.5. The molecule has 1 unspecified atom stereocenters. The van der Waals surface area contributed by atoms with Gasteiger partial charge in [-0.25, -0.2) is 13.1 Å². The summed E-state index contributed by atoms with van der Waals surface area (Å²) in [6, 6.07) is 6.81. The summed E-state index contributed by atoms with van der Waals surface area (Å²) in [6.45, 7) is 3.85. The van der Waals surface area contributed by atoms with Gasteiger partial charge in [-0.15, -0.1) is 0 Å². The molecular formula is C14H17N3O2S2. The molecule has 0 saturated carbocycles. The first kappa shape index (κ1) is 15.8. The summed E-state index contributed by atoms with van der Waals surface area (Å²) < 4.78 is 27.5. The number of nitrogens with one attached hydrogen (secondary N) is 1. The van der Waals surface area contributed by atoms with Crippen molar-refractivity contribution >= 4 is 38.1 Å². The monoisotopic (exact) mass is 323 g/mol. The number of fused-ring (bicyclic) bond motifs is 1. The van der Waals surface area contributed by atoms with Crippen LogP contribution in [0, 0.1) is 12.8 Å². The smallest absolute Gasteiger partial charge is 0.241 e. The van der Waals surface area contributed by atoms with Gasteiger partial charge in [0.15, 0.2) is 0 Å². The summed E-state index contributed by atoms with van der Waals surface area (Å²) in [5.41, 5.74) is 7.12. The van der Waals surface area contributed by atoms with E-state index in [0.29, 0.717) is 10.9 Å². The minimum Gasteiger partial charge on any atom is -0.393 e. The number of hydrogen-bond donors (Lipinski definition) is 2. The van der Waals surface area contributed by atoms with E-state index in [4.69, 9.17) is 18.0 Å². The molecule has 0 radical (unpaired) electrons. The van der Waals surface area contributed by atoms with Crippen LogP contribution in [-0.4, -0.2) is 24.9 Å². The first-order valence-electron chi connectivity index (χ1n) is 6.46. The van der Waals surface area contributed by atoms with E-state index < -0.39 is 10.0 Å². The Kier molecular flexibility index (Phi) is 4.55. The van der Waals surface area contributed by atoms with Crippen molar-refractivity contribution in [2.24, 2.45) is 11.7 Å². The Hall–Kier alpha value is -1.57. The van der Waals surface area contributed by atoms with E-state index in [2.05, 4.69) is 9.71 Å². The molecule has 0 amide bonds. The van der Waals surface area contributed by atoms with E-state index in [1.807, 2.05) is 6.92 Å². The number of nitrogens with two attached hydrogens (primary N) is 1. The van der Waals surface area contributed by atoms with Crippen LogP contribution in [0.15, 0.2) is 35.4 Å². The van der Waals surface area contributed by atoms with Gasteiger partial charge in [0.1, 0.15) is 0 Å². The van der Waals surface area contributed by atoms with Crippen molar-refractivity contribution in [1.29, 1.82) is 0 Å². The van der Waals surface area contributed by atoms with Gasteiger partial charge < -0.3 is 5.73 Å². The molecule has 0 spiro atoms. The zero-order valence-corrected chi connectivity index (χ0v) is 13.5. The van der Waals surface area contributed by atoms with Gasteiger partial charge in [0.25, 0.3) is 0 Å². The third-order valence-corrected chi connectivity index (χ3v) is 5.17. The van der Waals surface area contributed by atoms with E-state index in [1.54, 1.807) is 37.4 Å². The van der Waals surface area contributed by atoms with Gasteiger partial charge in [-0.05, 0) is 30.7 Å². The van der Waals surface area contributed by atoms with Crippen LogP contribution in [0.25, 0.3) is 10.9 Å². The summed E-state index contributed by atoms with van der Waals surface area (Å²) in [4.78, 5) is 4.74. The third kappa shape index (κ3) is 3.37. The lowest BCUT2D eigenvalue weighted by atomic mass is 10.1. The number of pyridine rings is 1. The van der Waals surface area contributed by atoms with Gasteiger partial charge in [0.2, 0.25) is 10.0 Å². The second-order valence-electron chi connectivity index (χ2n) is 4.94. The summed E-state index contributed by atoms with van der Waals surface area (Å²) >= 11 is 4.85. The number of hydrogen-bond acceptors (Lipinski definition) is 4. The number of nitrogens with zero attached hydrogens (tertiary/aromatic N) is 1. The number of sulfonamides is 1. The largest absolute Gasteiger partial charge is 0.393 e. The first-order chi connectivity index (χ1) is 9.83. The van der Waals surface area contributed by atoms with Gasteiger partial charge in [-0.1, -0.05) is 25.2 Å². The Morgan fingerprint density at radius 1 is 1.43 bits per heavy atom. The Labute approximate surface area is 129 Å². The molecule has 0 aliphatic carbocycles. The van der Waals surface area contributed by atoms with Crippen LogP contribution < -0.4 is 10.5 Å². The summed E-state index contributed by atoms with van der Waals surface area (Å²) in [5.74, 6) is -0.204. The molecule has 0 bridgehead atoms. The average molecular weight is 323 g/mol. The molecular weight excluding hydrogens is 306 g/mol. The lowest BCUT2D eigenvalue weighted by Gasteiger charge is -2.13. The van der Waals surface area contributed by atoms with Crippen molar-refractivity contribution in [1.82, 2.24) is 9.71 Å². The fourth-order valence-electron chi connectivity index (χ4n) is 1.94. The molecule has 1 heterocycles. The minimum absolute atomic E-state index is 0.174.